The van der Waals surface area contributed by atoms with Crippen LogP contribution in [0.3, 0.4) is 0 Å². The van der Waals surface area contributed by atoms with E-state index in [0.29, 0.717) is 12.3 Å². The van der Waals surface area contributed by atoms with Gasteiger partial charge in [0.15, 0.2) is 6.61 Å². The maximum atomic E-state index is 11.5. The average molecular weight is 236 g/mol. The second-order valence-corrected chi connectivity index (χ2v) is 3.86. The van der Waals surface area contributed by atoms with Gasteiger partial charge in [-0.25, -0.2) is 0 Å². The van der Waals surface area contributed by atoms with Crippen molar-refractivity contribution in [3.8, 4) is 5.75 Å². The molecule has 0 radical (unpaired) electrons. The van der Waals surface area contributed by atoms with Gasteiger partial charge in [0.1, 0.15) is 5.75 Å². The number of nitrogens with one attached hydrogen (secondary N) is 2. The molecule has 4 nitrogen and oxygen atoms in total. The van der Waals surface area contributed by atoms with Crippen LogP contribution in [-0.2, 0) is 4.79 Å². The van der Waals surface area contributed by atoms with Crippen LogP contribution >= 0.6 is 0 Å². The largest absolute Gasteiger partial charge is 0.484 e. The zero-order chi connectivity index (χ0) is 12.5. The second kappa shape index (κ2) is 7.68. The van der Waals surface area contributed by atoms with Crippen LogP contribution in [0.5, 0.6) is 5.75 Å². The molecule has 0 aliphatic rings. The number of hydrogen-bond acceptors (Lipinski definition) is 3. The molecule has 0 saturated carbocycles. The minimum absolute atomic E-state index is 0.0584. The third-order valence-electron chi connectivity index (χ3n) is 2.27. The molecule has 1 rings (SSSR count). The lowest BCUT2D eigenvalue weighted by molar-refractivity contribution is -0.123. The summed E-state index contributed by atoms with van der Waals surface area (Å²) in [7, 11) is 0. The number of carbonyl (C=O) groups excluding carboxylic acids is 1. The Labute approximate surface area is 102 Å². The van der Waals surface area contributed by atoms with E-state index < -0.39 is 0 Å². The fourth-order valence-corrected chi connectivity index (χ4v) is 1.40. The Morgan fingerprint density at radius 1 is 1.35 bits per heavy atom. The zero-order valence-corrected chi connectivity index (χ0v) is 10.4. The van der Waals surface area contributed by atoms with Crippen LogP contribution in [0.25, 0.3) is 0 Å². The first-order valence-electron chi connectivity index (χ1n) is 5.90. The molecule has 17 heavy (non-hydrogen) atoms. The Kier molecular flexibility index (Phi) is 6.10. The summed E-state index contributed by atoms with van der Waals surface area (Å²) < 4.78 is 5.33. The summed E-state index contributed by atoms with van der Waals surface area (Å²) in [6.45, 7) is 5.64. The van der Waals surface area contributed by atoms with Crippen molar-refractivity contribution in [3.05, 3.63) is 30.3 Å². The molecule has 0 unspecified atom stereocenters. The highest BCUT2D eigenvalue weighted by Crippen LogP contribution is 2.07. The summed E-state index contributed by atoms with van der Waals surface area (Å²) in [4.78, 5) is 11.5. The molecule has 0 aliphatic heterocycles. The maximum Gasteiger partial charge on any atom is 0.257 e. The Bertz CT molecular complexity index is 327. The van der Waals surface area contributed by atoms with E-state index in [1.807, 2.05) is 44.2 Å². The predicted molar refractivity (Wildman–Crippen MR) is 68.1 cm³/mol. The fraction of sp³-hybridized carbons (Fsp3) is 0.462. The average Bonchev–Trinajstić information content (AvgIpc) is 2.35. The molecule has 0 aliphatic carbocycles. The third-order valence-corrected chi connectivity index (χ3v) is 2.27. The topological polar surface area (TPSA) is 50.4 Å². The molecule has 2 N–H and O–H groups in total. The smallest absolute Gasteiger partial charge is 0.257 e. The highest BCUT2D eigenvalue weighted by Gasteiger charge is 2.04. The monoisotopic (exact) mass is 236 g/mol. The van der Waals surface area contributed by atoms with Gasteiger partial charge in [-0.3, -0.25) is 4.79 Å². The SMILES string of the molecule is CCN[C@H](C)CNC(=O)COc1ccccc1. The summed E-state index contributed by atoms with van der Waals surface area (Å²) >= 11 is 0. The number of amides is 1. The third kappa shape index (κ3) is 5.92. The second-order valence-electron chi connectivity index (χ2n) is 3.86. The summed E-state index contributed by atoms with van der Waals surface area (Å²) in [5, 5.41) is 6.03. The van der Waals surface area contributed by atoms with Crippen molar-refractivity contribution in [2.75, 3.05) is 19.7 Å². The van der Waals surface area contributed by atoms with Crippen molar-refractivity contribution in [1.29, 1.82) is 0 Å². The number of ether oxygens (including phenoxy) is 1. The lowest BCUT2D eigenvalue weighted by atomic mass is 10.3. The molecular formula is C13H20N2O2. The van der Waals surface area contributed by atoms with Crippen molar-refractivity contribution < 1.29 is 9.53 Å². The fourth-order valence-electron chi connectivity index (χ4n) is 1.40. The predicted octanol–water partition coefficient (Wildman–Crippen LogP) is 1.18. The van der Waals surface area contributed by atoms with E-state index in [4.69, 9.17) is 4.74 Å². The van der Waals surface area contributed by atoms with Gasteiger partial charge >= 0.3 is 0 Å². The Balaban J connectivity index is 2.17. The maximum absolute atomic E-state index is 11.5. The van der Waals surface area contributed by atoms with Crippen LogP contribution in [0.4, 0.5) is 0 Å². The Morgan fingerprint density at radius 3 is 2.71 bits per heavy atom. The standard InChI is InChI=1S/C13H20N2O2/c1-3-14-11(2)9-15-13(16)10-17-12-7-5-4-6-8-12/h4-8,11,14H,3,9-10H2,1-2H3,(H,15,16)/t11-/m1/s1. The molecule has 1 atom stereocenters. The first kappa shape index (κ1) is 13.5. The van der Waals surface area contributed by atoms with Gasteiger partial charge in [0, 0.05) is 12.6 Å². The van der Waals surface area contributed by atoms with Crippen molar-refractivity contribution in [3.63, 3.8) is 0 Å². The molecule has 4 heteroatoms. The van der Waals surface area contributed by atoms with Crippen molar-refractivity contribution in [2.24, 2.45) is 0 Å². The molecule has 1 amide bonds. The van der Waals surface area contributed by atoms with Gasteiger partial charge in [0.05, 0.1) is 0 Å². The highest BCUT2D eigenvalue weighted by molar-refractivity contribution is 5.77. The van der Waals surface area contributed by atoms with Crippen molar-refractivity contribution in [1.82, 2.24) is 10.6 Å². The molecule has 0 spiro atoms. The lowest BCUT2D eigenvalue weighted by Crippen LogP contribution is -2.40. The molecule has 0 bridgehead atoms. The van der Waals surface area contributed by atoms with E-state index in [9.17, 15) is 4.79 Å². The van der Waals surface area contributed by atoms with E-state index in [-0.39, 0.29) is 18.6 Å². The van der Waals surface area contributed by atoms with Gasteiger partial charge in [0.2, 0.25) is 0 Å². The highest BCUT2D eigenvalue weighted by atomic mass is 16.5. The van der Waals surface area contributed by atoms with Crippen LogP contribution < -0.4 is 15.4 Å². The van der Waals surface area contributed by atoms with E-state index >= 15 is 0 Å². The van der Waals surface area contributed by atoms with Gasteiger partial charge in [-0.15, -0.1) is 0 Å². The van der Waals surface area contributed by atoms with E-state index in [0.717, 1.165) is 6.54 Å². The molecule has 0 saturated heterocycles. The number of rotatable bonds is 7. The Morgan fingerprint density at radius 2 is 2.06 bits per heavy atom. The van der Waals surface area contributed by atoms with Crippen molar-refractivity contribution >= 4 is 5.91 Å². The first-order chi connectivity index (χ1) is 8.22. The van der Waals surface area contributed by atoms with Crippen LogP contribution in [0.1, 0.15) is 13.8 Å². The van der Waals surface area contributed by atoms with E-state index in [1.54, 1.807) is 0 Å². The van der Waals surface area contributed by atoms with Gasteiger partial charge in [-0.1, -0.05) is 25.1 Å². The molecule has 0 fully saturated rings. The Hall–Kier alpha value is -1.55. The summed E-state index contributed by atoms with van der Waals surface area (Å²) in [5.74, 6) is 0.612. The van der Waals surface area contributed by atoms with Crippen LogP contribution in [0.15, 0.2) is 30.3 Å². The number of benzene rings is 1. The van der Waals surface area contributed by atoms with Gasteiger partial charge in [-0.05, 0) is 25.6 Å². The summed E-state index contributed by atoms with van der Waals surface area (Å²) in [6.07, 6.45) is 0. The molecule has 94 valence electrons. The van der Waals surface area contributed by atoms with Crippen LogP contribution in [-0.4, -0.2) is 31.6 Å². The summed E-state index contributed by atoms with van der Waals surface area (Å²) in [6, 6.07) is 9.59. The first-order valence-corrected chi connectivity index (χ1v) is 5.90. The zero-order valence-electron chi connectivity index (χ0n) is 10.4. The van der Waals surface area contributed by atoms with Crippen molar-refractivity contribution in [2.45, 2.75) is 19.9 Å². The number of para-hydroxylation sites is 1. The van der Waals surface area contributed by atoms with Crippen LogP contribution in [0, 0.1) is 0 Å². The molecular weight excluding hydrogens is 216 g/mol. The number of likely N-dealkylation sites (N-methyl/N-ethyl adjacent to an activating group) is 1. The van der Waals surface area contributed by atoms with Crippen LogP contribution in [0.2, 0.25) is 0 Å². The molecule has 0 heterocycles. The quantitative estimate of drug-likeness (QED) is 0.747. The van der Waals surface area contributed by atoms with Gasteiger partial charge < -0.3 is 15.4 Å². The summed E-state index contributed by atoms with van der Waals surface area (Å²) in [5.41, 5.74) is 0. The van der Waals surface area contributed by atoms with E-state index in [2.05, 4.69) is 10.6 Å². The van der Waals surface area contributed by atoms with E-state index in [1.165, 1.54) is 0 Å². The minimum Gasteiger partial charge on any atom is -0.484 e. The van der Waals surface area contributed by atoms with Gasteiger partial charge in [-0.2, -0.15) is 0 Å². The number of carbonyl (C=O) groups is 1. The molecule has 1 aromatic rings. The molecule has 0 aromatic heterocycles. The normalized spacial score (nSPS) is 11.9. The lowest BCUT2D eigenvalue weighted by Gasteiger charge is -2.13. The number of hydrogen-bond donors (Lipinski definition) is 2. The minimum atomic E-state index is -0.0985. The molecule has 1 aromatic carbocycles. The van der Waals surface area contributed by atoms with Gasteiger partial charge in [0.25, 0.3) is 5.91 Å².